The van der Waals surface area contributed by atoms with Gasteiger partial charge < -0.3 is 10.2 Å². The summed E-state index contributed by atoms with van der Waals surface area (Å²) in [7, 11) is 0. The van der Waals surface area contributed by atoms with E-state index in [1.165, 1.54) is 4.90 Å². The second-order valence-electron chi connectivity index (χ2n) is 8.25. The van der Waals surface area contributed by atoms with Crippen molar-refractivity contribution in [3.8, 4) is 0 Å². The Morgan fingerprint density at radius 2 is 1.47 bits per heavy atom. The fraction of sp³-hybridized carbons (Fsp3) is 0.192. The highest BCUT2D eigenvalue weighted by Gasteiger charge is 2.42. The molecular weight excluding hydrogens is 473 g/mol. The van der Waals surface area contributed by atoms with Crippen LogP contribution in [0.2, 0.25) is 10.0 Å². The van der Waals surface area contributed by atoms with Crippen LogP contribution < -0.4 is 15.1 Å². The molecule has 174 valence electrons. The van der Waals surface area contributed by atoms with E-state index in [0.29, 0.717) is 32.7 Å². The molecule has 1 aliphatic rings. The van der Waals surface area contributed by atoms with Gasteiger partial charge in [0.2, 0.25) is 5.91 Å². The first-order chi connectivity index (χ1) is 16.3. The maximum atomic E-state index is 13.8. The van der Waals surface area contributed by atoms with E-state index in [9.17, 15) is 14.4 Å². The van der Waals surface area contributed by atoms with Crippen molar-refractivity contribution >= 4 is 58.0 Å². The quantitative estimate of drug-likeness (QED) is 0.498. The Hall–Kier alpha value is -3.35. The Balaban J connectivity index is 1.74. The smallest absolute Gasteiger partial charge is 0.264 e. The van der Waals surface area contributed by atoms with E-state index in [1.54, 1.807) is 47.4 Å². The van der Waals surface area contributed by atoms with Crippen LogP contribution >= 0.6 is 23.2 Å². The fourth-order valence-electron chi connectivity index (χ4n) is 4.08. The second-order valence-corrected chi connectivity index (χ2v) is 9.13. The van der Waals surface area contributed by atoms with Crippen molar-refractivity contribution in [2.45, 2.75) is 32.4 Å². The zero-order valence-electron chi connectivity index (χ0n) is 18.7. The number of rotatable bonds is 5. The lowest BCUT2D eigenvalue weighted by Gasteiger charge is -2.28. The van der Waals surface area contributed by atoms with E-state index in [1.807, 2.05) is 44.2 Å². The molecule has 1 atom stereocenters. The van der Waals surface area contributed by atoms with Crippen molar-refractivity contribution in [2.75, 3.05) is 9.80 Å². The average molecular weight is 496 g/mol. The maximum Gasteiger partial charge on any atom is 0.264 e. The third kappa shape index (κ3) is 4.79. The Morgan fingerprint density at radius 1 is 0.882 bits per heavy atom. The molecule has 1 unspecified atom stereocenters. The van der Waals surface area contributed by atoms with Gasteiger partial charge in [-0.3, -0.25) is 19.3 Å². The molecule has 0 saturated heterocycles. The minimum atomic E-state index is -1.41. The summed E-state index contributed by atoms with van der Waals surface area (Å²) in [4.78, 5) is 43.5. The van der Waals surface area contributed by atoms with Crippen LogP contribution in [0.1, 0.15) is 19.4 Å². The summed E-state index contributed by atoms with van der Waals surface area (Å²) < 4.78 is 0. The summed E-state index contributed by atoms with van der Waals surface area (Å²) in [6.45, 7) is 3.73. The number of carbonyl (C=O) groups is 3. The van der Waals surface area contributed by atoms with Gasteiger partial charge >= 0.3 is 0 Å². The molecule has 0 radical (unpaired) electrons. The average Bonchev–Trinajstić information content (AvgIpc) is 2.86. The van der Waals surface area contributed by atoms with Crippen molar-refractivity contribution in [2.24, 2.45) is 0 Å². The molecule has 34 heavy (non-hydrogen) atoms. The van der Waals surface area contributed by atoms with E-state index < -0.39 is 23.8 Å². The number of benzene rings is 3. The largest absolute Gasteiger partial charge is 0.336 e. The number of hydrogen-bond donors (Lipinski definition) is 1. The lowest BCUT2D eigenvalue weighted by molar-refractivity contribution is -0.133. The molecule has 3 aromatic carbocycles. The van der Waals surface area contributed by atoms with Gasteiger partial charge in [0.25, 0.3) is 11.8 Å². The number of amides is 3. The summed E-state index contributed by atoms with van der Waals surface area (Å²) >= 11 is 12.1. The van der Waals surface area contributed by atoms with Crippen LogP contribution in [-0.2, 0) is 20.8 Å². The maximum absolute atomic E-state index is 13.8. The Labute approximate surface area is 208 Å². The molecule has 0 aliphatic carbocycles. The molecule has 0 bridgehead atoms. The van der Waals surface area contributed by atoms with E-state index in [-0.39, 0.29) is 12.5 Å². The Bertz CT molecular complexity index is 1230. The van der Waals surface area contributed by atoms with E-state index >= 15 is 0 Å². The summed E-state index contributed by atoms with van der Waals surface area (Å²) in [6.07, 6.45) is -0.0860. The first-order valence-electron chi connectivity index (χ1n) is 10.8. The van der Waals surface area contributed by atoms with Crippen LogP contribution in [0.25, 0.3) is 0 Å². The van der Waals surface area contributed by atoms with E-state index in [0.717, 1.165) is 0 Å². The predicted molar refractivity (Wildman–Crippen MR) is 135 cm³/mol. The first kappa shape index (κ1) is 23.8. The normalized spacial score (nSPS) is 15.9. The van der Waals surface area contributed by atoms with Crippen LogP contribution in [0.4, 0.5) is 17.1 Å². The van der Waals surface area contributed by atoms with Gasteiger partial charge in [0, 0.05) is 21.8 Å². The Kier molecular flexibility index (Phi) is 6.91. The van der Waals surface area contributed by atoms with E-state index in [2.05, 4.69) is 5.32 Å². The number of para-hydroxylation sites is 3. The lowest BCUT2D eigenvalue weighted by atomic mass is 10.1. The van der Waals surface area contributed by atoms with Crippen molar-refractivity contribution in [1.29, 1.82) is 0 Å². The molecule has 1 aliphatic heterocycles. The van der Waals surface area contributed by atoms with Crippen LogP contribution in [0.15, 0.2) is 72.8 Å². The summed E-state index contributed by atoms with van der Waals surface area (Å²) in [5.41, 5.74) is 2.34. The summed E-state index contributed by atoms with van der Waals surface area (Å²) in [5, 5.41) is 3.45. The Morgan fingerprint density at radius 3 is 2.09 bits per heavy atom. The minimum absolute atomic E-state index is 0.0860. The molecule has 3 aromatic rings. The van der Waals surface area contributed by atoms with Crippen molar-refractivity contribution in [3.05, 3.63) is 88.4 Å². The molecule has 0 spiro atoms. The van der Waals surface area contributed by atoms with Crippen molar-refractivity contribution < 1.29 is 14.4 Å². The molecule has 1 N–H and O–H groups in total. The molecule has 6 nitrogen and oxygen atoms in total. The van der Waals surface area contributed by atoms with Crippen LogP contribution in [0.5, 0.6) is 0 Å². The molecule has 8 heteroatoms. The molecule has 4 rings (SSSR count). The lowest BCUT2D eigenvalue weighted by Crippen LogP contribution is -2.56. The second kappa shape index (κ2) is 9.87. The predicted octanol–water partition coefficient (Wildman–Crippen LogP) is 5.14. The SMILES string of the molecule is CC(C)N1C(=O)C(NC(=O)Cc2cc(Cl)cc(Cl)c2)C(=O)N(c2ccccc2)c2ccccc21. The minimum Gasteiger partial charge on any atom is -0.336 e. The monoisotopic (exact) mass is 495 g/mol. The highest BCUT2D eigenvalue weighted by atomic mass is 35.5. The van der Waals surface area contributed by atoms with Crippen LogP contribution in [-0.4, -0.2) is 29.8 Å². The fourth-order valence-corrected chi connectivity index (χ4v) is 4.65. The third-order valence-electron chi connectivity index (χ3n) is 5.46. The van der Waals surface area contributed by atoms with E-state index in [4.69, 9.17) is 23.2 Å². The third-order valence-corrected chi connectivity index (χ3v) is 5.89. The molecule has 0 aromatic heterocycles. The summed E-state index contributed by atoms with van der Waals surface area (Å²) in [6, 6.07) is 19.4. The molecule has 1 heterocycles. The number of nitrogens with one attached hydrogen (secondary N) is 1. The van der Waals surface area contributed by atoms with Gasteiger partial charge in [0.1, 0.15) is 0 Å². The van der Waals surface area contributed by atoms with Gasteiger partial charge in [-0.1, -0.05) is 53.5 Å². The number of hydrogen-bond acceptors (Lipinski definition) is 3. The van der Waals surface area contributed by atoms with Crippen molar-refractivity contribution in [1.82, 2.24) is 5.32 Å². The number of fused-ring (bicyclic) bond motifs is 1. The first-order valence-corrected chi connectivity index (χ1v) is 11.6. The standard InChI is InChI=1S/C26H23Cl2N3O3/c1-16(2)30-21-10-6-7-11-22(21)31(20-8-4-3-5-9-20)26(34)24(25(30)33)29-23(32)14-17-12-18(27)15-19(28)13-17/h3-13,15-16,24H,14H2,1-2H3,(H,29,32). The number of nitrogens with zero attached hydrogens (tertiary/aromatic N) is 2. The van der Waals surface area contributed by atoms with Crippen LogP contribution in [0.3, 0.4) is 0 Å². The number of halogens is 2. The summed E-state index contributed by atoms with van der Waals surface area (Å²) in [5.74, 6) is -1.53. The van der Waals surface area contributed by atoms with Gasteiger partial charge in [0.15, 0.2) is 6.04 Å². The molecule has 0 fully saturated rings. The number of anilines is 3. The van der Waals surface area contributed by atoms with Crippen LogP contribution in [0, 0.1) is 0 Å². The van der Waals surface area contributed by atoms with Gasteiger partial charge in [-0.2, -0.15) is 0 Å². The number of carbonyl (C=O) groups excluding carboxylic acids is 3. The highest BCUT2D eigenvalue weighted by molar-refractivity contribution is 6.34. The zero-order chi connectivity index (χ0) is 24.4. The van der Waals surface area contributed by atoms with Gasteiger partial charge in [0.05, 0.1) is 17.8 Å². The van der Waals surface area contributed by atoms with Gasteiger partial charge in [-0.05, 0) is 61.9 Å². The zero-order valence-corrected chi connectivity index (χ0v) is 20.2. The van der Waals surface area contributed by atoms with Gasteiger partial charge in [-0.15, -0.1) is 0 Å². The van der Waals surface area contributed by atoms with Gasteiger partial charge in [-0.25, -0.2) is 0 Å². The van der Waals surface area contributed by atoms with Crippen molar-refractivity contribution in [3.63, 3.8) is 0 Å². The topological polar surface area (TPSA) is 69.7 Å². The molecule has 3 amide bonds. The molecular formula is C26H23Cl2N3O3. The molecule has 0 saturated carbocycles. The highest BCUT2D eigenvalue weighted by Crippen LogP contribution is 2.38.